The first-order chi connectivity index (χ1) is 11.2. The van der Waals surface area contributed by atoms with Gasteiger partial charge in [0.15, 0.2) is 0 Å². The van der Waals surface area contributed by atoms with Crippen molar-refractivity contribution < 1.29 is 14.4 Å². The Balaban J connectivity index is 1.65. The van der Waals surface area contributed by atoms with E-state index in [-0.39, 0.29) is 12.3 Å². The Morgan fingerprint density at radius 3 is 2.74 bits per heavy atom. The summed E-state index contributed by atoms with van der Waals surface area (Å²) in [6, 6.07) is 16.2. The summed E-state index contributed by atoms with van der Waals surface area (Å²) in [5, 5.41) is 16.6. The van der Waals surface area contributed by atoms with E-state index in [1.165, 1.54) is 6.39 Å². The first-order valence-electron chi connectivity index (χ1n) is 7.12. The van der Waals surface area contributed by atoms with Crippen LogP contribution >= 0.6 is 0 Å². The van der Waals surface area contributed by atoms with Gasteiger partial charge in [-0.1, -0.05) is 47.6 Å². The molecule has 1 aromatic heterocycles. The second kappa shape index (κ2) is 6.85. The van der Waals surface area contributed by atoms with E-state index in [1.807, 2.05) is 24.3 Å². The molecule has 1 unspecified atom stereocenters. The SMILES string of the molecule is O=C(CC(O)c1ccccc1)Nc1cccc(-c2ncon2)c1. The van der Waals surface area contributed by atoms with E-state index in [2.05, 4.69) is 15.5 Å². The van der Waals surface area contributed by atoms with E-state index >= 15 is 0 Å². The summed E-state index contributed by atoms with van der Waals surface area (Å²) < 4.78 is 4.71. The van der Waals surface area contributed by atoms with Crippen molar-refractivity contribution in [2.45, 2.75) is 12.5 Å². The summed E-state index contributed by atoms with van der Waals surface area (Å²) in [6.45, 7) is 0. The Labute approximate surface area is 132 Å². The zero-order valence-corrected chi connectivity index (χ0v) is 12.2. The number of aliphatic hydroxyl groups is 1. The summed E-state index contributed by atoms with van der Waals surface area (Å²) >= 11 is 0. The molecule has 0 saturated carbocycles. The molecule has 3 rings (SSSR count). The molecule has 116 valence electrons. The van der Waals surface area contributed by atoms with Crippen molar-refractivity contribution in [3.8, 4) is 11.4 Å². The van der Waals surface area contributed by atoms with Gasteiger partial charge in [-0.15, -0.1) is 0 Å². The van der Waals surface area contributed by atoms with Crippen molar-refractivity contribution in [3.63, 3.8) is 0 Å². The highest BCUT2D eigenvalue weighted by Gasteiger charge is 2.13. The number of nitrogens with zero attached hydrogens (tertiary/aromatic N) is 2. The predicted molar refractivity (Wildman–Crippen MR) is 84.4 cm³/mol. The highest BCUT2D eigenvalue weighted by molar-refractivity contribution is 5.91. The van der Waals surface area contributed by atoms with Crippen molar-refractivity contribution >= 4 is 11.6 Å². The summed E-state index contributed by atoms with van der Waals surface area (Å²) in [5.74, 6) is 0.178. The molecule has 1 heterocycles. The number of hydrogen-bond donors (Lipinski definition) is 2. The molecule has 0 spiro atoms. The minimum Gasteiger partial charge on any atom is -0.388 e. The maximum absolute atomic E-state index is 12.1. The van der Waals surface area contributed by atoms with Gasteiger partial charge in [0, 0.05) is 11.3 Å². The van der Waals surface area contributed by atoms with Crippen LogP contribution in [0.2, 0.25) is 0 Å². The molecule has 0 aliphatic carbocycles. The fraction of sp³-hybridized carbons (Fsp3) is 0.118. The van der Waals surface area contributed by atoms with Crippen LogP contribution in [0.3, 0.4) is 0 Å². The molecule has 0 bridgehead atoms. The monoisotopic (exact) mass is 309 g/mol. The molecule has 0 radical (unpaired) electrons. The third-order valence-corrected chi connectivity index (χ3v) is 3.33. The van der Waals surface area contributed by atoms with Crippen molar-refractivity contribution in [1.82, 2.24) is 10.1 Å². The lowest BCUT2D eigenvalue weighted by Crippen LogP contribution is -2.15. The molecule has 6 heteroatoms. The number of carbonyl (C=O) groups is 1. The minimum atomic E-state index is -0.836. The van der Waals surface area contributed by atoms with E-state index in [4.69, 9.17) is 4.52 Å². The lowest BCUT2D eigenvalue weighted by molar-refractivity contribution is -0.118. The molecule has 1 atom stereocenters. The highest BCUT2D eigenvalue weighted by Crippen LogP contribution is 2.21. The molecule has 6 nitrogen and oxygen atoms in total. The number of hydrogen-bond acceptors (Lipinski definition) is 5. The van der Waals surface area contributed by atoms with Gasteiger partial charge in [-0.25, -0.2) is 0 Å². The van der Waals surface area contributed by atoms with Crippen LogP contribution in [-0.2, 0) is 4.79 Å². The van der Waals surface area contributed by atoms with Crippen molar-refractivity contribution in [2.75, 3.05) is 5.32 Å². The predicted octanol–water partition coefficient (Wildman–Crippen LogP) is 2.80. The zero-order chi connectivity index (χ0) is 16.1. The van der Waals surface area contributed by atoms with Crippen molar-refractivity contribution in [3.05, 3.63) is 66.6 Å². The fourth-order valence-electron chi connectivity index (χ4n) is 2.21. The normalized spacial score (nSPS) is 11.9. The third kappa shape index (κ3) is 3.81. The quantitative estimate of drug-likeness (QED) is 0.756. The largest absolute Gasteiger partial charge is 0.388 e. The van der Waals surface area contributed by atoms with Gasteiger partial charge in [0.1, 0.15) is 0 Å². The van der Waals surface area contributed by atoms with E-state index < -0.39 is 6.10 Å². The zero-order valence-electron chi connectivity index (χ0n) is 12.2. The van der Waals surface area contributed by atoms with Crippen LogP contribution in [0, 0.1) is 0 Å². The smallest absolute Gasteiger partial charge is 0.227 e. The Morgan fingerprint density at radius 2 is 2.00 bits per heavy atom. The van der Waals surface area contributed by atoms with Gasteiger partial charge in [-0.05, 0) is 17.7 Å². The first kappa shape index (κ1) is 14.9. The highest BCUT2D eigenvalue weighted by atomic mass is 16.5. The van der Waals surface area contributed by atoms with Crippen LogP contribution in [0.5, 0.6) is 0 Å². The van der Waals surface area contributed by atoms with Crippen LogP contribution in [-0.4, -0.2) is 21.2 Å². The lowest BCUT2D eigenvalue weighted by Gasteiger charge is -2.11. The minimum absolute atomic E-state index is 0.0174. The number of aromatic nitrogens is 2. The Morgan fingerprint density at radius 1 is 1.17 bits per heavy atom. The Kier molecular flexibility index (Phi) is 4.44. The number of rotatable bonds is 5. The van der Waals surface area contributed by atoms with Gasteiger partial charge in [0.25, 0.3) is 0 Å². The average Bonchev–Trinajstić information content (AvgIpc) is 3.10. The summed E-state index contributed by atoms with van der Waals surface area (Å²) in [4.78, 5) is 16.0. The molecule has 0 saturated heterocycles. The molecule has 0 aliphatic rings. The molecule has 1 amide bonds. The van der Waals surface area contributed by atoms with Gasteiger partial charge in [-0.2, -0.15) is 4.98 Å². The second-order valence-electron chi connectivity index (χ2n) is 5.01. The molecule has 0 fully saturated rings. The fourth-order valence-corrected chi connectivity index (χ4v) is 2.21. The number of carbonyl (C=O) groups excluding carboxylic acids is 1. The van der Waals surface area contributed by atoms with Crippen molar-refractivity contribution in [1.29, 1.82) is 0 Å². The van der Waals surface area contributed by atoms with E-state index in [9.17, 15) is 9.90 Å². The van der Waals surface area contributed by atoms with E-state index in [1.54, 1.807) is 30.3 Å². The van der Waals surface area contributed by atoms with E-state index in [0.717, 1.165) is 5.56 Å². The van der Waals surface area contributed by atoms with Gasteiger partial charge in [-0.3, -0.25) is 4.79 Å². The average molecular weight is 309 g/mol. The van der Waals surface area contributed by atoms with E-state index in [0.29, 0.717) is 17.1 Å². The van der Waals surface area contributed by atoms with Crippen LogP contribution in [0.15, 0.2) is 65.5 Å². The van der Waals surface area contributed by atoms with Gasteiger partial charge < -0.3 is 14.9 Å². The maximum atomic E-state index is 12.1. The summed E-state index contributed by atoms with van der Waals surface area (Å²) in [7, 11) is 0. The molecule has 23 heavy (non-hydrogen) atoms. The lowest BCUT2D eigenvalue weighted by atomic mass is 10.1. The second-order valence-corrected chi connectivity index (χ2v) is 5.01. The molecule has 3 aromatic rings. The number of aliphatic hydroxyl groups excluding tert-OH is 1. The third-order valence-electron chi connectivity index (χ3n) is 3.33. The van der Waals surface area contributed by atoms with Gasteiger partial charge in [0.05, 0.1) is 12.5 Å². The van der Waals surface area contributed by atoms with Gasteiger partial charge >= 0.3 is 0 Å². The maximum Gasteiger partial charge on any atom is 0.227 e. The number of benzene rings is 2. The molecule has 2 N–H and O–H groups in total. The van der Waals surface area contributed by atoms with Crippen LogP contribution in [0.1, 0.15) is 18.1 Å². The van der Waals surface area contributed by atoms with Crippen molar-refractivity contribution in [2.24, 2.45) is 0 Å². The van der Waals surface area contributed by atoms with Crippen LogP contribution < -0.4 is 5.32 Å². The number of nitrogens with one attached hydrogen (secondary N) is 1. The Hall–Kier alpha value is -2.99. The summed E-state index contributed by atoms with van der Waals surface area (Å²) in [6.07, 6.45) is 0.393. The molecule has 0 aliphatic heterocycles. The molecule has 2 aromatic carbocycles. The topological polar surface area (TPSA) is 88.2 Å². The molecular formula is C17H15N3O3. The number of anilines is 1. The van der Waals surface area contributed by atoms with Crippen LogP contribution in [0.25, 0.3) is 11.4 Å². The Bertz CT molecular complexity index is 773. The molecular weight excluding hydrogens is 294 g/mol. The summed E-state index contributed by atoms with van der Waals surface area (Å²) in [5.41, 5.74) is 2.06. The van der Waals surface area contributed by atoms with Crippen LogP contribution in [0.4, 0.5) is 5.69 Å². The first-order valence-corrected chi connectivity index (χ1v) is 7.12. The standard InChI is InChI=1S/C17H15N3O3/c21-15(12-5-2-1-3-6-12)10-16(22)19-14-8-4-7-13(9-14)17-18-11-23-20-17/h1-9,11,15,21H,10H2,(H,19,22). The number of amides is 1. The van der Waals surface area contributed by atoms with Gasteiger partial charge in [0.2, 0.25) is 18.1 Å².